The molecular weight excluding hydrogens is 522 g/mol. The number of carbonyl (C=O) groups is 1. The van der Waals surface area contributed by atoms with Crippen LogP contribution in [0.1, 0.15) is 22.3 Å². The maximum atomic E-state index is 15.2. The second-order valence-electron chi connectivity index (χ2n) is 8.25. The molecule has 4 atom stereocenters. The van der Waals surface area contributed by atoms with Crippen molar-refractivity contribution in [2.45, 2.75) is 11.2 Å². The van der Waals surface area contributed by atoms with Crippen molar-refractivity contribution in [1.82, 2.24) is 0 Å². The largest absolute Gasteiger partial charge is 0.497 e. The summed E-state index contributed by atoms with van der Waals surface area (Å²) in [6.45, 7) is 0. The van der Waals surface area contributed by atoms with E-state index in [1.807, 2.05) is 0 Å². The van der Waals surface area contributed by atoms with Crippen LogP contribution in [0.5, 0.6) is 11.5 Å². The Morgan fingerprint density at radius 2 is 0.842 bits per heavy atom. The number of Topliss-reactive ketones (excluding diaryl/α,β-unsaturated/α-hetero) is 1. The molecule has 0 aromatic heterocycles. The topological polar surface area (TPSA) is 88.1 Å². The first-order valence-corrected chi connectivity index (χ1v) is 13.3. The van der Waals surface area contributed by atoms with Gasteiger partial charge < -0.3 is 9.47 Å². The fourth-order valence-electron chi connectivity index (χ4n) is 4.56. The highest BCUT2D eigenvalue weighted by molar-refractivity contribution is 7.17. The zero-order valence-corrected chi connectivity index (χ0v) is 22.8. The van der Waals surface area contributed by atoms with Gasteiger partial charge in [-0.25, -0.2) is 0 Å². The van der Waals surface area contributed by atoms with Crippen molar-refractivity contribution in [3.63, 3.8) is 0 Å². The van der Waals surface area contributed by atoms with Crippen LogP contribution >= 0.6 is 17.4 Å². The first kappa shape index (κ1) is 27.3. The molecule has 0 saturated heterocycles. The van der Waals surface area contributed by atoms with Gasteiger partial charge in [0.25, 0.3) is 0 Å². The highest BCUT2D eigenvalue weighted by Crippen LogP contribution is 2.49. The van der Waals surface area contributed by atoms with Crippen LogP contribution in [-0.2, 0) is 34.2 Å². The van der Waals surface area contributed by atoms with Crippen LogP contribution in [0.2, 0.25) is 0 Å². The van der Waals surface area contributed by atoms with Gasteiger partial charge in [0.05, 0.1) is 14.2 Å². The summed E-state index contributed by atoms with van der Waals surface area (Å²) in [5, 5.41) is 0. The van der Waals surface area contributed by atoms with Gasteiger partial charge in [-0.1, -0.05) is 84.9 Å². The van der Waals surface area contributed by atoms with Crippen LogP contribution in [0.15, 0.2) is 109 Å². The van der Waals surface area contributed by atoms with Gasteiger partial charge in [0.1, 0.15) is 11.5 Å². The molecule has 0 bridgehead atoms. The van der Waals surface area contributed by atoms with E-state index < -0.39 is 34.4 Å². The minimum absolute atomic E-state index is 0.393. The summed E-state index contributed by atoms with van der Waals surface area (Å²) >= 11 is 0. The van der Waals surface area contributed by atoms with Crippen LogP contribution in [0.3, 0.4) is 0 Å². The first-order chi connectivity index (χ1) is 18.6. The molecule has 0 saturated carbocycles. The first-order valence-electron chi connectivity index (χ1n) is 11.6. The van der Waals surface area contributed by atoms with E-state index in [1.165, 1.54) is 14.2 Å². The standard InChI is InChI=1S/C29H26O7P2/c1-33-25-17-13-23(14-18-25)28(35-37-31,21-9-5-3-6-10-21)27(30)29(36-38-32,22-11-7-4-8-12-22)24-15-19-26(34-2)20-16-24/h3-20,37-38H,1-2H3/q+2. The predicted molar refractivity (Wildman–Crippen MR) is 146 cm³/mol. The van der Waals surface area contributed by atoms with E-state index in [0.717, 1.165) is 0 Å². The van der Waals surface area contributed by atoms with Crippen molar-refractivity contribution in [1.29, 1.82) is 0 Å². The van der Waals surface area contributed by atoms with Crippen molar-refractivity contribution in [2.24, 2.45) is 0 Å². The number of ether oxygens (including phenoxy) is 2. The molecule has 0 fully saturated rings. The third kappa shape index (κ3) is 4.90. The number of carbonyl (C=O) groups excluding carboxylic acids is 1. The average Bonchev–Trinajstić information content (AvgIpc) is 2.99. The monoisotopic (exact) mass is 548 g/mol. The van der Waals surface area contributed by atoms with E-state index in [2.05, 4.69) is 0 Å². The molecule has 7 nitrogen and oxygen atoms in total. The molecule has 0 heterocycles. The fraction of sp³-hybridized carbons (Fsp3) is 0.138. The van der Waals surface area contributed by atoms with E-state index >= 15 is 4.79 Å². The minimum atomic E-state index is -1.91. The maximum Gasteiger partial charge on any atom is 0.495 e. The quantitative estimate of drug-likeness (QED) is 0.190. The van der Waals surface area contributed by atoms with E-state index in [1.54, 1.807) is 109 Å². The predicted octanol–water partition coefficient (Wildman–Crippen LogP) is 6.37. The zero-order chi connectivity index (χ0) is 27.0. The molecule has 4 aromatic carbocycles. The smallest absolute Gasteiger partial charge is 0.495 e. The maximum absolute atomic E-state index is 15.2. The van der Waals surface area contributed by atoms with Crippen molar-refractivity contribution < 1.29 is 32.4 Å². The normalized spacial score (nSPS) is 14.4. The molecule has 0 aliphatic heterocycles. The van der Waals surface area contributed by atoms with Crippen LogP contribution in [-0.4, -0.2) is 20.0 Å². The number of ketones is 1. The molecular formula is C29H26O7P2+2. The Morgan fingerprint density at radius 1 is 0.526 bits per heavy atom. The third-order valence-electron chi connectivity index (χ3n) is 6.38. The van der Waals surface area contributed by atoms with Crippen LogP contribution in [0, 0.1) is 0 Å². The Labute approximate surface area is 223 Å². The summed E-state index contributed by atoms with van der Waals surface area (Å²) < 4.78 is 47.1. The van der Waals surface area contributed by atoms with Gasteiger partial charge in [-0.2, -0.15) is 0 Å². The molecule has 9 heteroatoms. The molecule has 192 valence electrons. The second kappa shape index (κ2) is 12.2. The Morgan fingerprint density at radius 3 is 1.13 bits per heavy atom. The lowest BCUT2D eigenvalue weighted by atomic mass is 9.71. The highest BCUT2D eigenvalue weighted by atomic mass is 31.1. The van der Waals surface area contributed by atoms with Crippen molar-refractivity contribution in [3.05, 3.63) is 131 Å². The molecule has 0 amide bonds. The van der Waals surface area contributed by atoms with E-state index in [-0.39, 0.29) is 0 Å². The van der Waals surface area contributed by atoms with Gasteiger partial charge in [0.15, 0.2) is 0 Å². The fourth-order valence-corrected chi connectivity index (χ4v) is 5.46. The van der Waals surface area contributed by atoms with Gasteiger partial charge in [0, 0.05) is 22.3 Å². The van der Waals surface area contributed by atoms with Crippen LogP contribution in [0.4, 0.5) is 0 Å². The molecule has 0 N–H and O–H groups in total. The summed E-state index contributed by atoms with van der Waals surface area (Å²) in [6, 6.07) is 30.9. The summed E-state index contributed by atoms with van der Waals surface area (Å²) in [5.74, 6) is 0.494. The summed E-state index contributed by atoms with van der Waals surface area (Å²) in [5.41, 5.74) is -2.20. The SMILES string of the molecule is COc1ccc(C(O[PH+]=O)(C(=O)C(O[PH+]=O)(c2ccccc2)c2ccc(OC)cc2)c2ccccc2)cc1. The number of benzene rings is 4. The van der Waals surface area contributed by atoms with Crippen molar-refractivity contribution in [2.75, 3.05) is 14.2 Å². The Hall–Kier alpha value is -3.73. The van der Waals surface area contributed by atoms with Crippen molar-refractivity contribution in [3.8, 4) is 11.5 Å². The lowest BCUT2D eigenvalue weighted by Gasteiger charge is -2.36. The highest BCUT2D eigenvalue weighted by Gasteiger charge is 2.61. The minimum Gasteiger partial charge on any atom is -0.497 e. The lowest BCUT2D eigenvalue weighted by Crippen LogP contribution is -2.51. The number of hydrogen-bond donors (Lipinski definition) is 0. The van der Waals surface area contributed by atoms with Crippen LogP contribution in [0.25, 0.3) is 0 Å². The number of methoxy groups -OCH3 is 2. The average molecular weight is 548 g/mol. The Balaban J connectivity index is 2.10. The molecule has 4 unspecified atom stereocenters. The van der Waals surface area contributed by atoms with Gasteiger partial charge in [0.2, 0.25) is 17.0 Å². The zero-order valence-electron chi connectivity index (χ0n) is 20.8. The van der Waals surface area contributed by atoms with Crippen molar-refractivity contribution >= 4 is 23.2 Å². The second-order valence-corrected chi connectivity index (χ2v) is 8.99. The van der Waals surface area contributed by atoms with E-state index in [9.17, 15) is 9.13 Å². The third-order valence-corrected chi connectivity index (χ3v) is 7.16. The van der Waals surface area contributed by atoms with Gasteiger partial charge in [-0.3, -0.25) is 4.79 Å². The Kier molecular flexibility index (Phi) is 8.77. The lowest BCUT2D eigenvalue weighted by molar-refractivity contribution is -0.145. The van der Waals surface area contributed by atoms with E-state index in [4.69, 9.17) is 18.5 Å². The summed E-state index contributed by atoms with van der Waals surface area (Å²) in [6.07, 6.45) is 0. The molecule has 38 heavy (non-hydrogen) atoms. The van der Waals surface area contributed by atoms with Crippen LogP contribution < -0.4 is 9.47 Å². The molecule has 4 aromatic rings. The van der Waals surface area contributed by atoms with Gasteiger partial charge in [-0.05, 0) is 33.4 Å². The number of rotatable bonds is 12. The molecule has 0 spiro atoms. The van der Waals surface area contributed by atoms with Gasteiger partial charge >= 0.3 is 17.4 Å². The van der Waals surface area contributed by atoms with Gasteiger partial charge in [-0.15, -0.1) is 9.05 Å². The van der Waals surface area contributed by atoms with E-state index in [0.29, 0.717) is 33.8 Å². The summed E-state index contributed by atoms with van der Waals surface area (Å²) in [4.78, 5) is 15.2. The molecule has 4 rings (SSSR count). The number of hydrogen-bond acceptors (Lipinski definition) is 7. The molecule has 0 radical (unpaired) electrons. The molecule has 0 aliphatic carbocycles. The molecule has 0 aliphatic rings. The Bertz CT molecular complexity index is 1270. The summed E-state index contributed by atoms with van der Waals surface area (Å²) in [7, 11) is 0.453.